The van der Waals surface area contributed by atoms with Crippen LogP contribution in [0.3, 0.4) is 0 Å². The monoisotopic (exact) mass is 933 g/mol. The average molecular weight is 934 g/mol. The van der Waals surface area contributed by atoms with Gasteiger partial charge in [0.2, 0.25) is 0 Å². The molecule has 18 heteroatoms. The number of benzene rings is 3. The molecule has 2 aliphatic heterocycles. The summed E-state index contributed by atoms with van der Waals surface area (Å²) < 4.78 is 62.4. The van der Waals surface area contributed by atoms with Crippen LogP contribution in [0.5, 0.6) is 0 Å². The highest BCUT2D eigenvalue weighted by Crippen LogP contribution is 2.58. The number of aromatic nitrogens is 7. The molecule has 10 rings (SSSR count). The lowest BCUT2D eigenvalue weighted by molar-refractivity contribution is 0.0666. The number of carbonyl (C=O) groups excluding carboxylic acids is 1. The summed E-state index contributed by atoms with van der Waals surface area (Å²) in [5, 5.41) is 13.3. The summed E-state index contributed by atoms with van der Waals surface area (Å²) in [7, 11) is -1.35. The smallest absolute Gasteiger partial charge is 0.385 e. The van der Waals surface area contributed by atoms with E-state index in [1.165, 1.54) is 33.2 Å². The molecule has 6 heterocycles. The second kappa shape index (κ2) is 16.5. The number of imidazole rings is 1. The molecule has 15 nitrogen and oxygen atoms in total. The fourth-order valence-corrected chi connectivity index (χ4v) is 12.7. The van der Waals surface area contributed by atoms with Crippen LogP contribution in [0, 0.1) is 25.5 Å². The van der Waals surface area contributed by atoms with Gasteiger partial charge >= 0.3 is 11.4 Å². The first-order valence-electron chi connectivity index (χ1n) is 23.0. The van der Waals surface area contributed by atoms with E-state index in [0.29, 0.717) is 102 Å². The van der Waals surface area contributed by atoms with Crippen LogP contribution in [-0.4, -0.2) is 83.6 Å². The number of hydrogen-bond donors (Lipinski definition) is 2. The fraction of sp³-hybridized carbons (Fsp3) is 0.408. The van der Waals surface area contributed by atoms with E-state index in [2.05, 4.69) is 38.2 Å². The maximum absolute atomic E-state index is 16.6. The Morgan fingerprint density at radius 2 is 1.70 bits per heavy atom. The molecule has 2 fully saturated rings. The Bertz CT molecular complexity index is 3270. The van der Waals surface area contributed by atoms with Crippen LogP contribution in [0.25, 0.3) is 28.1 Å². The van der Waals surface area contributed by atoms with Crippen molar-refractivity contribution in [2.24, 2.45) is 0 Å². The van der Waals surface area contributed by atoms with Crippen molar-refractivity contribution in [1.29, 1.82) is 0 Å². The first kappa shape index (κ1) is 44.5. The highest BCUT2D eigenvalue weighted by atomic mass is 31.2. The van der Waals surface area contributed by atoms with Crippen molar-refractivity contribution in [1.82, 2.24) is 38.5 Å². The van der Waals surface area contributed by atoms with Gasteiger partial charge in [-0.1, -0.05) is 32.0 Å². The van der Waals surface area contributed by atoms with E-state index in [1.54, 1.807) is 48.7 Å². The van der Waals surface area contributed by atoms with Gasteiger partial charge in [-0.05, 0) is 105 Å². The normalized spacial score (nSPS) is 19.9. The fourth-order valence-electron chi connectivity index (χ4n) is 10.6. The van der Waals surface area contributed by atoms with Crippen molar-refractivity contribution in [3.63, 3.8) is 0 Å². The largest absolute Gasteiger partial charge is 0.438 e. The molecular formula is C49H54F2N9O6P. The molecule has 3 aliphatic rings. The van der Waals surface area contributed by atoms with E-state index in [9.17, 15) is 14.2 Å². The number of carbonyl (C=O) groups is 1. The Kier molecular flexibility index (Phi) is 10.9. The molecule has 1 saturated heterocycles. The predicted molar refractivity (Wildman–Crippen MR) is 252 cm³/mol. The zero-order valence-corrected chi connectivity index (χ0v) is 39.5. The lowest BCUT2D eigenvalue weighted by atomic mass is 9.91. The number of ether oxygens (including phenoxy) is 1. The van der Waals surface area contributed by atoms with Crippen molar-refractivity contribution < 1.29 is 27.4 Å². The quantitative estimate of drug-likeness (QED) is 0.122. The average Bonchev–Trinajstić information content (AvgIpc) is 3.81. The van der Waals surface area contributed by atoms with E-state index in [0.717, 1.165) is 23.7 Å². The molecule has 350 valence electrons. The number of fused-ring (bicyclic) bond motifs is 2. The number of nitrogens with one attached hydrogen (secondary N) is 2. The molecule has 1 aliphatic carbocycles. The van der Waals surface area contributed by atoms with Gasteiger partial charge in [-0.25, -0.2) is 23.1 Å². The van der Waals surface area contributed by atoms with Crippen LogP contribution in [-0.2, 0) is 21.1 Å². The Hall–Kier alpha value is -6.32. The van der Waals surface area contributed by atoms with Crippen LogP contribution >= 0.6 is 7.14 Å². The maximum atomic E-state index is 16.6. The molecule has 67 heavy (non-hydrogen) atoms. The second-order valence-electron chi connectivity index (χ2n) is 18.5. The van der Waals surface area contributed by atoms with E-state index in [1.807, 2.05) is 33.8 Å². The van der Waals surface area contributed by atoms with Crippen LogP contribution in [0.2, 0.25) is 0 Å². The maximum Gasteiger partial charge on any atom is 0.438 e. The number of nitrogens with zero attached hydrogens (tertiary/aromatic N) is 7. The number of aryl methyl sites for hydroxylation is 2. The van der Waals surface area contributed by atoms with Crippen LogP contribution < -0.4 is 22.1 Å². The topological polar surface area (TPSA) is 167 Å². The highest BCUT2D eigenvalue weighted by Gasteiger charge is 2.57. The Balaban J connectivity index is 1.10. The Morgan fingerprint density at radius 1 is 0.985 bits per heavy atom. The summed E-state index contributed by atoms with van der Waals surface area (Å²) in [6.07, 6.45) is 6.48. The van der Waals surface area contributed by atoms with Gasteiger partial charge in [0.05, 0.1) is 34.2 Å². The second-order valence-corrected chi connectivity index (χ2v) is 22.0. The van der Waals surface area contributed by atoms with E-state index >= 15 is 13.6 Å². The Labute approximate surface area is 385 Å². The molecule has 0 bridgehead atoms. The Morgan fingerprint density at radius 3 is 2.37 bits per heavy atom. The number of amides is 1. The van der Waals surface area contributed by atoms with Gasteiger partial charge in [-0.2, -0.15) is 5.10 Å². The lowest BCUT2D eigenvalue weighted by Crippen LogP contribution is -2.40. The predicted octanol–water partition coefficient (Wildman–Crippen LogP) is 7.97. The van der Waals surface area contributed by atoms with Gasteiger partial charge < -0.3 is 24.1 Å². The standard InChI is InChI=1S/C49H54F2N9O6P/c1-8-67(64,9-2)38-13-12-36(42(51)43(38)52-7)57-18-19-58(48(57)63)44-40-29(5)56(17-14-34(40)54-60(44)33-22-27(3)41(50)28(4)23-33)45(61)37-25-32-24-31(30-15-20-65-21-16-30)10-11-35(32)59(37)39-26-49(39,6)46-53-47(62)66-55-46/h10-13,18-19,22-25,29-30,39,52H,8-9,14-17,20-21,26H2,1-7H3,(H,53,55,62)/t29-,39-,49-/m0/s1. The van der Waals surface area contributed by atoms with Crippen LogP contribution in [0.4, 0.5) is 14.5 Å². The van der Waals surface area contributed by atoms with Crippen molar-refractivity contribution in [3.8, 4) is 17.2 Å². The zero-order valence-electron chi connectivity index (χ0n) is 38.7. The molecule has 0 spiro atoms. The lowest BCUT2D eigenvalue weighted by Gasteiger charge is -2.34. The minimum absolute atomic E-state index is 0.0385. The molecule has 3 aromatic carbocycles. The number of H-pyrrole nitrogens is 1. The van der Waals surface area contributed by atoms with Gasteiger partial charge in [-0.3, -0.25) is 23.4 Å². The number of hydrogen-bond acceptors (Lipinski definition) is 9. The van der Waals surface area contributed by atoms with Gasteiger partial charge in [0.15, 0.2) is 11.6 Å². The zero-order chi connectivity index (χ0) is 47.3. The van der Waals surface area contributed by atoms with Crippen molar-refractivity contribution in [3.05, 3.63) is 133 Å². The van der Waals surface area contributed by atoms with Gasteiger partial charge in [-0.15, -0.1) is 0 Å². The first-order valence-corrected chi connectivity index (χ1v) is 25.1. The first-order chi connectivity index (χ1) is 32.1. The molecular weight excluding hydrogens is 880 g/mol. The summed E-state index contributed by atoms with van der Waals surface area (Å²) in [6.45, 7) is 12.6. The van der Waals surface area contributed by atoms with E-state index in [-0.39, 0.29) is 29.1 Å². The molecule has 2 N–H and O–H groups in total. The summed E-state index contributed by atoms with van der Waals surface area (Å²) in [5.74, 6) is -0.887. The molecule has 1 amide bonds. The van der Waals surface area contributed by atoms with Crippen LogP contribution in [0.15, 0.2) is 75.0 Å². The number of halogens is 2. The van der Waals surface area contributed by atoms with Crippen LogP contribution in [0.1, 0.15) is 109 Å². The minimum atomic E-state index is -2.91. The molecule has 4 aromatic heterocycles. The van der Waals surface area contributed by atoms with Gasteiger partial charge in [0.1, 0.15) is 24.5 Å². The van der Waals surface area contributed by atoms with Crippen molar-refractivity contribution in [2.75, 3.05) is 44.4 Å². The summed E-state index contributed by atoms with van der Waals surface area (Å²) in [5.41, 5.74) is 3.88. The van der Waals surface area contributed by atoms with Gasteiger partial charge in [0, 0.05) is 85.8 Å². The molecule has 7 aromatic rings. The number of anilines is 1. The molecule has 0 unspecified atom stereocenters. The molecule has 1 saturated carbocycles. The van der Waals surface area contributed by atoms with Crippen molar-refractivity contribution in [2.45, 2.75) is 90.6 Å². The molecule has 0 radical (unpaired) electrons. The van der Waals surface area contributed by atoms with E-state index < -0.39 is 35.9 Å². The summed E-state index contributed by atoms with van der Waals surface area (Å²) >= 11 is 0. The highest BCUT2D eigenvalue weighted by molar-refractivity contribution is 7.71. The third-order valence-corrected chi connectivity index (χ3v) is 18.0. The third-order valence-electron chi connectivity index (χ3n) is 14.7. The van der Waals surface area contributed by atoms with Gasteiger partial charge in [0.25, 0.3) is 5.91 Å². The number of rotatable bonds is 11. The summed E-state index contributed by atoms with van der Waals surface area (Å²) in [6, 6.07) is 13.9. The SMILES string of the molecule is CCP(=O)(CC)c1ccc(-n2ccn(-c3c4c(nn3-c3cc(C)c(F)c(C)c3)CCN(C(=O)c3cc5cc(C6CCOCC6)ccc5n3[C@H]3C[C@]3(C)c3noc(=O)[nH]3)[C@H]4C)c2=O)c(F)c1NC. The molecule has 3 atom stereocenters. The van der Waals surface area contributed by atoms with Crippen molar-refractivity contribution >= 4 is 34.9 Å². The number of aromatic amines is 1. The van der Waals surface area contributed by atoms with E-state index in [4.69, 9.17) is 14.4 Å². The summed E-state index contributed by atoms with van der Waals surface area (Å²) in [4.78, 5) is 46.9. The third kappa shape index (κ3) is 7.06. The minimum Gasteiger partial charge on any atom is -0.385 e.